The van der Waals surface area contributed by atoms with E-state index in [1.807, 2.05) is 61.5 Å². The fourth-order valence-corrected chi connectivity index (χ4v) is 3.00. The molecule has 0 bridgehead atoms. The summed E-state index contributed by atoms with van der Waals surface area (Å²) >= 11 is 0. The quantitative estimate of drug-likeness (QED) is 0.891. The first-order chi connectivity index (χ1) is 9.94. The third-order valence-electron chi connectivity index (χ3n) is 3.15. The molecule has 0 heterocycles. The number of benzene rings is 2. The highest BCUT2D eigenvalue weighted by Crippen LogP contribution is 2.20. The molecule has 5 heteroatoms. The van der Waals surface area contributed by atoms with Gasteiger partial charge < -0.3 is 4.74 Å². The highest BCUT2D eigenvalue weighted by Gasteiger charge is 2.18. The molecular formula is C16H19NO3S. The number of primary sulfonamides is 1. The van der Waals surface area contributed by atoms with Crippen LogP contribution in [0.2, 0.25) is 0 Å². The zero-order valence-corrected chi connectivity index (χ0v) is 12.7. The molecule has 2 rings (SSSR count). The standard InChI is InChI=1S/C16H19NO3S/c1-13-6-5-9-16(10-13)20-11-15(12-21(17,18)19)14-7-3-2-4-8-14/h2-10,15H,11-12H2,1H3,(H2,17,18,19). The molecule has 0 saturated carbocycles. The lowest BCUT2D eigenvalue weighted by Crippen LogP contribution is -2.25. The van der Waals surface area contributed by atoms with Gasteiger partial charge in [-0.15, -0.1) is 0 Å². The van der Waals surface area contributed by atoms with Crippen LogP contribution in [0.5, 0.6) is 5.75 Å². The number of rotatable bonds is 6. The molecule has 1 unspecified atom stereocenters. The number of sulfonamides is 1. The van der Waals surface area contributed by atoms with Crippen molar-refractivity contribution in [2.45, 2.75) is 12.8 Å². The third-order valence-corrected chi connectivity index (χ3v) is 4.01. The van der Waals surface area contributed by atoms with Crippen LogP contribution < -0.4 is 9.88 Å². The minimum absolute atomic E-state index is 0.136. The SMILES string of the molecule is Cc1cccc(OCC(CS(N)(=O)=O)c2ccccc2)c1. The number of hydrogen-bond donors (Lipinski definition) is 1. The zero-order chi connectivity index (χ0) is 15.3. The summed E-state index contributed by atoms with van der Waals surface area (Å²) in [6, 6.07) is 17.1. The lowest BCUT2D eigenvalue weighted by Gasteiger charge is -2.17. The second kappa shape index (κ2) is 6.74. The van der Waals surface area contributed by atoms with Crippen molar-refractivity contribution in [3.63, 3.8) is 0 Å². The second-order valence-corrected chi connectivity index (χ2v) is 6.72. The highest BCUT2D eigenvalue weighted by atomic mass is 32.2. The van der Waals surface area contributed by atoms with Crippen molar-refractivity contribution >= 4 is 10.0 Å². The smallest absolute Gasteiger partial charge is 0.209 e. The largest absolute Gasteiger partial charge is 0.493 e. The average molecular weight is 305 g/mol. The van der Waals surface area contributed by atoms with Crippen LogP contribution in [-0.4, -0.2) is 20.8 Å². The first-order valence-electron chi connectivity index (χ1n) is 6.69. The minimum atomic E-state index is -3.56. The topological polar surface area (TPSA) is 69.4 Å². The van der Waals surface area contributed by atoms with E-state index in [9.17, 15) is 8.42 Å². The Morgan fingerprint density at radius 2 is 1.81 bits per heavy atom. The summed E-state index contributed by atoms with van der Waals surface area (Å²) in [4.78, 5) is 0. The van der Waals surface area contributed by atoms with Crippen LogP contribution in [0.1, 0.15) is 17.0 Å². The first-order valence-corrected chi connectivity index (χ1v) is 8.40. The van der Waals surface area contributed by atoms with Crippen LogP contribution >= 0.6 is 0 Å². The van der Waals surface area contributed by atoms with Crippen LogP contribution in [0, 0.1) is 6.92 Å². The van der Waals surface area contributed by atoms with E-state index in [-0.39, 0.29) is 18.3 Å². The van der Waals surface area contributed by atoms with Gasteiger partial charge in [-0.1, -0.05) is 42.5 Å². The Morgan fingerprint density at radius 3 is 2.43 bits per heavy atom. The normalized spacial score (nSPS) is 12.9. The minimum Gasteiger partial charge on any atom is -0.493 e. The van der Waals surface area contributed by atoms with Gasteiger partial charge in [-0.3, -0.25) is 0 Å². The zero-order valence-electron chi connectivity index (χ0n) is 11.9. The van der Waals surface area contributed by atoms with Crippen molar-refractivity contribution in [3.8, 4) is 5.75 Å². The van der Waals surface area contributed by atoms with Gasteiger partial charge >= 0.3 is 0 Å². The van der Waals surface area contributed by atoms with E-state index in [1.54, 1.807) is 0 Å². The Hall–Kier alpha value is -1.85. The number of nitrogens with two attached hydrogens (primary N) is 1. The van der Waals surface area contributed by atoms with Gasteiger partial charge in [0.2, 0.25) is 10.0 Å². The van der Waals surface area contributed by atoms with Crippen LogP contribution in [0.4, 0.5) is 0 Å². The van der Waals surface area contributed by atoms with Crippen molar-refractivity contribution in [2.75, 3.05) is 12.4 Å². The number of aryl methyl sites for hydroxylation is 1. The van der Waals surface area contributed by atoms with Crippen LogP contribution in [-0.2, 0) is 10.0 Å². The van der Waals surface area contributed by atoms with Gasteiger partial charge in [0.25, 0.3) is 0 Å². The van der Waals surface area contributed by atoms with E-state index < -0.39 is 10.0 Å². The number of ether oxygens (including phenoxy) is 1. The van der Waals surface area contributed by atoms with Crippen molar-refractivity contribution in [3.05, 3.63) is 65.7 Å². The van der Waals surface area contributed by atoms with E-state index in [1.165, 1.54) is 0 Å². The maximum atomic E-state index is 11.4. The fourth-order valence-electron chi connectivity index (χ4n) is 2.15. The molecule has 0 spiro atoms. The molecule has 1 atom stereocenters. The van der Waals surface area contributed by atoms with E-state index in [0.29, 0.717) is 0 Å². The van der Waals surface area contributed by atoms with Gasteiger partial charge in [0, 0.05) is 5.92 Å². The van der Waals surface area contributed by atoms with Gasteiger partial charge in [0.05, 0.1) is 12.4 Å². The van der Waals surface area contributed by atoms with Gasteiger partial charge in [0.1, 0.15) is 5.75 Å². The Bertz CT molecular complexity index is 684. The van der Waals surface area contributed by atoms with Crippen LogP contribution in [0.3, 0.4) is 0 Å². The summed E-state index contributed by atoms with van der Waals surface area (Å²) < 4.78 is 28.5. The molecule has 21 heavy (non-hydrogen) atoms. The van der Waals surface area contributed by atoms with E-state index in [2.05, 4.69) is 0 Å². The summed E-state index contributed by atoms with van der Waals surface area (Å²) in [6.45, 7) is 2.25. The molecule has 0 aromatic heterocycles. The summed E-state index contributed by atoms with van der Waals surface area (Å²) in [5, 5.41) is 5.18. The Morgan fingerprint density at radius 1 is 1.10 bits per heavy atom. The molecule has 0 fully saturated rings. The van der Waals surface area contributed by atoms with Crippen molar-refractivity contribution in [1.82, 2.24) is 0 Å². The molecule has 0 radical (unpaired) electrons. The maximum Gasteiger partial charge on any atom is 0.209 e. The van der Waals surface area contributed by atoms with Gasteiger partial charge in [-0.05, 0) is 30.2 Å². The average Bonchev–Trinajstić information content (AvgIpc) is 2.43. The van der Waals surface area contributed by atoms with Crippen molar-refractivity contribution in [2.24, 2.45) is 5.14 Å². The molecule has 112 valence electrons. The second-order valence-electron chi connectivity index (χ2n) is 5.06. The number of hydrogen-bond acceptors (Lipinski definition) is 3. The fraction of sp³-hybridized carbons (Fsp3) is 0.250. The molecule has 0 amide bonds. The first kappa shape index (κ1) is 15.5. The molecule has 2 N–H and O–H groups in total. The van der Waals surface area contributed by atoms with Gasteiger partial charge in [-0.25, -0.2) is 13.6 Å². The molecule has 2 aromatic rings. The van der Waals surface area contributed by atoms with Crippen LogP contribution in [0.15, 0.2) is 54.6 Å². The van der Waals surface area contributed by atoms with Crippen LogP contribution in [0.25, 0.3) is 0 Å². The van der Waals surface area contributed by atoms with E-state index >= 15 is 0 Å². The lowest BCUT2D eigenvalue weighted by atomic mass is 10.0. The summed E-state index contributed by atoms with van der Waals surface area (Å²) in [5.41, 5.74) is 1.99. The van der Waals surface area contributed by atoms with E-state index in [4.69, 9.17) is 9.88 Å². The predicted octanol–water partition coefficient (Wildman–Crippen LogP) is 2.45. The summed E-state index contributed by atoms with van der Waals surface area (Å²) in [7, 11) is -3.56. The molecule has 0 aliphatic carbocycles. The van der Waals surface area contributed by atoms with Gasteiger partial charge in [0.15, 0.2) is 0 Å². The van der Waals surface area contributed by atoms with Crippen molar-refractivity contribution in [1.29, 1.82) is 0 Å². The summed E-state index contributed by atoms with van der Waals surface area (Å²) in [6.07, 6.45) is 0. The molecule has 0 aliphatic rings. The Kier molecular flexibility index (Phi) is 4.98. The van der Waals surface area contributed by atoms with E-state index in [0.717, 1.165) is 16.9 Å². The third kappa shape index (κ3) is 5.21. The molecule has 0 aliphatic heterocycles. The molecule has 4 nitrogen and oxygen atoms in total. The molecular weight excluding hydrogens is 286 g/mol. The summed E-state index contributed by atoms with van der Waals surface area (Å²) in [5.74, 6) is 0.301. The maximum absolute atomic E-state index is 11.4. The van der Waals surface area contributed by atoms with Gasteiger partial charge in [-0.2, -0.15) is 0 Å². The Labute approximate surface area is 125 Å². The Balaban J connectivity index is 2.13. The molecule has 0 saturated heterocycles. The van der Waals surface area contributed by atoms with Crippen molar-refractivity contribution < 1.29 is 13.2 Å². The highest BCUT2D eigenvalue weighted by molar-refractivity contribution is 7.89. The lowest BCUT2D eigenvalue weighted by molar-refractivity contribution is 0.296. The molecule has 2 aromatic carbocycles. The predicted molar refractivity (Wildman–Crippen MR) is 83.8 cm³/mol. The monoisotopic (exact) mass is 305 g/mol.